The Morgan fingerprint density at radius 1 is 0.852 bits per heavy atom. The molecule has 0 saturated heterocycles. The number of rotatable bonds is 7. The highest BCUT2D eigenvalue weighted by Crippen LogP contribution is 2.28. The largest absolute Gasteiger partial charge is 0.496 e. The van der Waals surface area contributed by atoms with E-state index in [1.54, 1.807) is 7.11 Å². The number of nitrogens with one attached hydrogen (secondary N) is 1. The van der Waals surface area contributed by atoms with Crippen molar-refractivity contribution in [1.29, 1.82) is 0 Å². The minimum atomic E-state index is -0.0444. The van der Waals surface area contributed by atoms with Crippen LogP contribution in [0.15, 0.2) is 84.9 Å². The van der Waals surface area contributed by atoms with Crippen LogP contribution in [0.2, 0.25) is 0 Å². The van der Waals surface area contributed by atoms with Crippen molar-refractivity contribution in [3.63, 3.8) is 0 Å². The van der Waals surface area contributed by atoms with E-state index in [-0.39, 0.29) is 17.9 Å². The number of methoxy groups -OCH3 is 1. The second kappa shape index (κ2) is 9.04. The van der Waals surface area contributed by atoms with Crippen LogP contribution in [-0.2, 0) is 11.2 Å². The van der Waals surface area contributed by atoms with Gasteiger partial charge in [0.05, 0.1) is 13.5 Å². The van der Waals surface area contributed by atoms with E-state index in [0.29, 0.717) is 6.42 Å². The van der Waals surface area contributed by atoms with Crippen LogP contribution >= 0.6 is 0 Å². The first kappa shape index (κ1) is 18.7. The van der Waals surface area contributed by atoms with Crippen LogP contribution in [-0.4, -0.2) is 19.1 Å². The van der Waals surface area contributed by atoms with E-state index in [1.165, 1.54) is 11.1 Å². The zero-order valence-corrected chi connectivity index (χ0v) is 15.8. The number of para-hydroxylation sites is 1. The Balaban J connectivity index is 1.78. The molecule has 3 aromatic carbocycles. The Labute approximate surface area is 161 Å². The van der Waals surface area contributed by atoms with E-state index in [1.807, 2.05) is 60.7 Å². The summed E-state index contributed by atoms with van der Waals surface area (Å²) in [5, 5.41) is 3.18. The third kappa shape index (κ3) is 4.76. The number of ether oxygens (including phenoxy) is 1. The smallest absolute Gasteiger partial charge is 0.224 e. The number of benzene rings is 3. The Hall–Kier alpha value is -3.07. The molecular weight excluding hydrogens is 334 g/mol. The summed E-state index contributed by atoms with van der Waals surface area (Å²) >= 11 is 0. The van der Waals surface area contributed by atoms with Crippen LogP contribution in [0.25, 0.3) is 0 Å². The SMILES string of the molecule is COc1ccccc1CC(=O)NC(C)C(c1ccccc1)c1ccccc1. The Kier molecular flexibility index (Phi) is 6.26. The van der Waals surface area contributed by atoms with Gasteiger partial charge in [-0.15, -0.1) is 0 Å². The molecule has 138 valence electrons. The van der Waals surface area contributed by atoms with Gasteiger partial charge in [-0.05, 0) is 24.1 Å². The maximum atomic E-state index is 12.7. The molecule has 0 aliphatic carbocycles. The molecule has 0 spiro atoms. The van der Waals surface area contributed by atoms with Gasteiger partial charge in [-0.3, -0.25) is 4.79 Å². The first-order valence-electron chi connectivity index (χ1n) is 9.20. The maximum Gasteiger partial charge on any atom is 0.224 e. The normalized spacial score (nSPS) is 11.8. The summed E-state index contributed by atoms with van der Waals surface area (Å²) in [5.41, 5.74) is 3.27. The van der Waals surface area contributed by atoms with Gasteiger partial charge in [0.25, 0.3) is 0 Å². The van der Waals surface area contributed by atoms with Gasteiger partial charge >= 0.3 is 0 Å². The fraction of sp³-hybridized carbons (Fsp3) is 0.208. The Morgan fingerprint density at radius 2 is 1.37 bits per heavy atom. The first-order chi connectivity index (χ1) is 13.2. The van der Waals surface area contributed by atoms with Gasteiger partial charge in [-0.25, -0.2) is 0 Å². The Bertz CT molecular complexity index is 822. The maximum absolute atomic E-state index is 12.7. The first-order valence-corrected chi connectivity index (χ1v) is 9.20. The molecule has 3 heteroatoms. The highest BCUT2D eigenvalue weighted by atomic mass is 16.5. The van der Waals surface area contributed by atoms with Gasteiger partial charge in [0.1, 0.15) is 5.75 Å². The molecule has 3 rings (SSSR count). The topological polar surface area (TPSA) is 38.3 Å². The number of hydrogen-bond acceptors (Lipinski definition) is 2. The lowest BCUT2D eigenvalue weighted by Crippen LogP contribution is -2.38. The van der Waals surface area contributed by atoms with Crippen LogP contribution in [0, 0.1) is 0 Å². The monoisotopic (exact) mass is 359 g/mol. The Morgan fingerprint density at radius 3 is 1.93 bits per heavy atom. The predicted octanol–water partition coefficient (Wildman–Crippen LogP) is 4.57. The van der Waals surface area contributed by atoms with Gasteiger partial charge in [-0.2, -0.15) is 0 Å². The van der Waals surface area contributed by atoms with Gasteiger partial charge < -0.3 is 10.1 Å². The van der Waals surface area contributed by atoms with E-state index in [4.69, 9.17) is 4.74 Å². The summed E-state index contributed by atoms with van der Waals surface area (Å²) < 4.78 is 5.36. The molecule has 0 fully saturated rings. The molecule has 3 aromatic rings. The highest BCUT2D eigenvalue weighted by molar-refractivity contribution is 5.79. The van der Waals surface area contributed by atoms with Crippen LogP contribution in [0.1, 0.15) is 29.5 Å². The summed E-state index contributed by atoms with van der Waals surface area (Å²) in [6.07, 6.45) is 0.296. The molecule has 0 aliphatic heterocycles. The van der Waals surface area contributed by atoms with Gasteiger partial charge in [0.15, 0.2) is 0 Å². The zero-order valence-electron chi connectivity index (χ0n) is 15.8. The molecule has 1 N–H and O–H groups in total. The number of carbonyl (C=O) groups excluding carboxylic acids is 1. The molecule has 27 heavy (non-hydrogen) atoms. The van der Waals surface area contributed by atoms with Crippen molar-refractivity contribution in [3.05, 3.63) is 102 Å². The molecule has 1 unspecified atom stereocenters. The van der Waals surface area contributed by atoms with Gasteiger partial charge in [0.2, 0.25) is 5.91 Å². The predicted molar refractivity (Wildman–Crippen MR) is 109 cm³/mol. The molecule has 0 radical (unpaired) electrons. The lowest BCUT2D eigenvalue weighted by molar-refractivity contribution is -0.121. The third-order valence-corrected chi connectivity index (χ3v) is 4.75. The summed E-state index contributed by atoms with van der Waals surface area (Å²) in [4.78, 5) is 12.7. The summed E-state index contributed by atoms with van der Waals surface area (Å²) in [6, 6.07) is 28.2. The lowest BCUT2D eigenvalue weighted by Gasteiger charge is -2.26. The average molecular weight is 359 g/mol. The second-order valence-corrected chi connectivity index (χ2v) is 6.64. The van der Waals surface area contributed by atoms with Crippen LogP contribution in [0.3, 0.4) is 0 Å². The molecule has 3 nitrogen and oxygen atoms in total. The van der Waals surface area contributed by atoms with Crippen LogP contribution in [0.5, 0.6) is 5.75 Å². The molecule has 1 amide bonds. The fourth-order valence-electron chi connectivity index (χ4n) is 3.50. The molecule has 0 bridgehead atoms. The number of amides is 1. The van der Waals surface area contributed by atoms with E-state index < -0.39 is 0 Å². The van der Waals surface area contributed by atoms with E-state index in [2.05, 4.69) is 36.5 Å². The molecule has 1 atom stereocenters. The van der Waals surface area contributed by atoms with E-state index >= 15 is 0 Å². The van der Waals surface area contributed by atoms with Crippen molar-refractivity contribution < 1.29 is 9.53 Å². The minimum absolute atomic E-state index is 0.0103. The third-order valence-electron chi connectivity index (χ3n) is 4.75. The van der Waals surface area contributed by atoms with Gasteiger partial charge in [0, 0.05) is 17.5 Å². The van der Waals surface area contributed by atoms with Crippen molar-refractivity contribution >= 4 is 5.91 Å². The fourth-order valence-corrected chi connectivity index (χ4v) is 3.50. The van der Waals surface area contributed by atoms with Crippen molar-refractivity contribution in [2.24, 2.45) is 0 Å². The quantitative estimate of drug-likeness (QED) is 0.671. The zero-order chi connectivity index (χ0) is 19.1. The second-order valence-electron chi connectivity index (χ2n) is 6.64. The summed E-state index contributed by atoms with van der Waals surface area (Å²) in [5.74, 6) is 0.820. The van der Waals surface area contributed by atoms with Crippen molar-refractivity contribution in [2.75, 3.05) is 7.11 Å². The lowest BCUT2D eigenvalue weighted by atomic mass is 9.85. The molecule has 0 saturated carbocycles. The summed E-state index contributed by atoms with van der Waals surface area (Å²) in [6.45, 7) is 2.06. The van der Waals surface area contributed by atoms with Crippen molar-refractivity contribution in [1.82, 2.24) is 5.32 Å². The van der Waals surface area contributed by atoms with Crippen LogP contribution in [0.4, 0.5) is 0 Å². The molecular formula is C24H25NO2. The van der Waals surface area contributed by atoms with Crippen molar-refractivity contribution in [3.8, 4) is 5.75 Å². The number of hydrogen-bond donors (Lipinski definition) is 1. The average Bonchev–Trinajstić information content (AvgIpc) is 2.70. The van der Waals surface area contributed by atoms with Crippen molar-refractivity contribution in [2.45, 2.75) is 25.3 Å². The van der Waals surface area contributed by atoms with Crippen LogP contribution < -0.4 is 10.1 Å². The molecule has 0 heterocycles. The van der Waals surface area contributed by atoms with Gasteiger partial charge in [-0.1, -0.05) is 78.9 Å². The molecule has 0 aliphatic rings. The molecule has 0 aromatic heterocycles. The highest BCUT2D eigenvalue weighted by Gasteiger charge is 2.23. The standard InChI is InChI=1S/C24H25NO2/c1-18(25-23(26)17-21-15-9-10-16-22(21)27-2)24(19-11-5-3-6-12-19)20-13-7-4-8-14-20/h3-16,18,24H,17H2,1-2H3,(H,25,26). The van der Waals surface area contributed by atoms with E-state index in [9.17, 15) is 4.79 Å². The van der Waals surface area contributed by atoms with E-state index in [0.717, 1.165) is 11.3 Å². The number of carbonyl (C=O) groups is 1. The summed E-state index contributed by atoms with van der Waals surface area (Å²) in [7, 11) is 1.63. The minimum Gasteiger partial charge on any atom is -0.496 e.